The summed E-state index contributed by atoms with van der Waals surface area (Å²) in [6.45, 7) is 6.16. The molecule has 2 aliphatic rings. The third kappa shape index (κ3) is 4.44. The van der Waals surface area contributed by atoms with Crippen LogP contribution in [0.25, 0.3) is 0 Å². The van der Waals surface area contributed by atoms with Crippen LogP contribution in [0.2, 0.25) is 0 Å². The zero-order valence-corrected chi connectivity index (χ0v) is 14.0. The lowest BCUT2D eigenvalue weighted by atomic mass is 10.3. The highest BCUT2D eigenvalue weighted by Gasteiger charge is 2.18. The lowest BCUT2D eigenvalue weighted by molar-refractivity contribution is 0.173. The molecule has 1 unspecified atom stereocenters. The molecule has 3 rings (SSSR count). The highest BCUT2D eigenvalue weighted by molar-refractivity contribution is 5.73. The Bertz CT molecular complexity index is 561. The van der Waals surface area contributed by atoms with Crippen molar-refractivity contribution in [1.82, 2.24) is 15.5 Å². The number of nitrogens with zero attached hydrogens (tertiary/aromatic N) is 1. The quantitative estimate of drug-likeness (QED) is 0.740. The topological polar surface area (TPSA) is 72.1 Å². The monoisotopic (exact) mass is 335 g/mol. The SMILES string of the molecule is CC(CNC(=O)NCCOc1ccc2c(c1)OCO2)N1CCCC1. The van der Waals surface area contributed by atoms with Crippen LogP contribution in [0.15, 0.2) is 18.2 Å². The standard InChI is InChI=1S/C17H25N3O4/c1-13(20-7-2-3-8-20)11-19-17(21)18-6-9-22-14-4-5-15-16(10-14)24-12-23-15/h4-5,10,13H,2-3,6-9,11-12H2,1H3,(H2,18,19,21). The van der Waals surface area contributed by atoms with Crippen molar-refractivity contribution in [3.05, 3.63) is 18.2 Å². The molecule has 7 heteroatoms. The van der Waals surface area contributed by atoms with Crippen molar-refractivity contribution in [2.75, 3.05) is 39.6 Å². The maximum Gasteiger partial charge on any atom is 0.314 e. The van der Waals surface area contributed by atoms with Gasteiger partial charge in [-0.1, -0.05) is 0 Å². The first-order valence-corrected chi connectivity index (χ1v) is 8.50. The zero-order chi connectivity index (χ0) is 16.8. The van der Waals surface area contributed by atoms with E-state index in [0.29, 0.717) is 37.2 Å². The van der Waals surface area contributed by atoms with Gasteiger partial charge >= 0.3 is 6.03 Å². The molecule has 1 aromatic rings. The summed E-state index contributed by atoms with van der Waals surface area (Å²) >= 11 is 0. The molecular formula is C17H25N3O4. The third-order valence-electron chi connectivity index (χ3n) is 4.32. The number of carbonyl (C=O) groups excluding carboxylic acids is 1. The average Bonchev–Trinajstić information content (AvgIpc) is 3.27. The van der Waals surface area contributed by atoms with Crippen molar-refractivity contribution in [3.63, 3.8) is 0 Å². The zero-order valence-electron chi connectivity index (χ0n) is 14.0. The number of benzene rings is 1. The summed E-state index contributed by atoms with van der Waals surface area (Å²) in [5, 5.41) is 5.71. The predicted octanol–water partition coefficient (Wildman–Crippen LogP) is 1.58. The Hall–Kier alpha value is -2.15. The van der Waals surface area contributed by atoms with E-state index >= 15 is 0 Å². The van der Waals surface area contributed by atoms with Gasteiger partial charge in [0.05, 0.1) is 6.54 Å². The van der Waals surface area contributed by atoms with E-state index in [9.17, 15) is 4.79 Å². The molecule has 2 N–H and O–H groups in total. The minimum Gasteiger partial charge on any atom is -0.492 e. The number of carbonyl (C=O) groups is 1. The molecule has 132 valence electrons. The maximum atomic E-state index is 11.8. The largest absolute Gasteiger partial charge is 0.492 e. The number of hydrogen-bond donors (Lipinski definition) is 2. The Labute approximate surface area is 142 Å². The van der Waals surface area contributed by atoms with Crippen molar-refractivity contribution < 1.29 is 19.0 Å². The minimum absolute atomic E-state index is 0.157. The molecule has 2 amide bonds. The molecule has 0 aromatic heterocycles. The summed E-state index contributed by atoms with van der Waals surface area (Å²) in [7, 11) is 0. The smallest absolute Gasteiger partial charge is 0.314 e. The van der Waals surface area contributed by atoms with Crippen LogP contribution in [-0.2, 0) is 0 Å². The Morgan fingerprint density at radius 2 is 2.04 bits per heavy atom. The molecule has 1 saturated heterocycles. The fourth-order valence-corrected chi connectivity index (χ4v) is 2.91. The normalized spacial score (nSPS) is 17.5. The molecule has 2 heterocycles. The van der Waals surface area contributed by atoms with Crippen molar-refractivity contribution in [2.24, 2.45) is 0 Å². The number of likely N-dealkylation sites (tertiary alicyclic amines) is 1. The summed E-state index contributed by atoms with van der Waals surface area (Å²) in [6.07, 6.45) is 2.52. The summed E-state index contributed by atoms with van der Waals surface area (Å²) < 4.78 is 16.1. The molecule has 0 aliphatic carbocycles. The van der Waals surface area contributed by atoms with E-state index in [4.69, 9.17) is 14.2 Å². The molecular weight excluding hydrogens is 310 g/mol. The second kappa shape index (κ2) is 8.10. The highest BCUT2D eigenvalue weighted by Crippen LogP contribution is 2.34. The molecule has 0 bridgehead atoms. The number of ether oxygens (including phenoxy) is 3. The molecule has 2 aliphatic heterocycles. The first-order chi connectivity index (χ1) is 11.7. The summed E-state index contributed by atoms with van der Waals surface area (Å²) in [5.74, 6) is 2.12. The predicted molar refractivity (Wildman–Crippen MR) is 89.7 cm³/mol. The fourth-order valence-electron chi connectivity index (χ4n) is 2.91. The van der Waals surface area contributed by atoms with E-state index in [-0.39, 0.29) is 12.8 Å². The molecule has 7 nitrogen and oxygen atoms in total. The van der Waals surface area contributed by atoms with Crippen LogP contribution in [0.5, 0.6) is 17.2 Å². The maximum absolute atomic E-state index is 11.8. The van der Waals surface area contributed by atoms with Crippen molar-refractivity contribution in [1.29, 1.82) is 0 Å². The second-order valence-corrected chi connectivity index (χ2v) is 6.09. The van der Waals surface area contributed by atoms with Gasteiger partial charge in [-0.15, -0.1) is 0 Å². The fraction of sp³-hybridized carbons (Fsp3) is 0.588. The van der Waals surface area contributed by atoms with Gasteiger partial charge in [0.15, 0.2) is 11.5 Å². The highest BCUT2D eigenvalue weighted by atomic mass is 16.7. The summed E-state index contributed by atoms with van der Waals surface area (Å²) in [5.41, 5.74) is 0. The van der Waals surface area contributed by atoms with Gasteiger partial charge in [0.25, 0.3) is 0 Å². The van der Waals surface area contributed by atoms with E-state index in [2.05, 4.69) is 22.5 Å². The second-order valence-electron chi connectivity index (χ2n) is 6.09. The number of amides is 2. The Morgan fingerprint density at radius 3 is 2.88 bits per heavy atom. The summed E-state index contributed by atoms with van der Waals surface area (Å²) in [4.78, 5) is 14.2. The van der Waals surface area contributed by atoms with E-state index in [1.165, 1.54) is 12.8 Å². The van der Waals surface area contributed by atoms with Crippen LogP contribution >= 0.6 is 0 Å². The van der Waals surface area contributed by atoms with Crippen LogP contribution in [-0.4, -0.2) is 56.6 Å². The van der Waals surface area contributed by atoms with Gasteiger partial charge in [0.2, 0.25) is 6.79 Å². The molecule has 0 radical (unpaired) electrons. The number of hydrogen-bond acceptors (Lipinski definition) is 5. The van der Waals surface area contributed by atoms with Gasteiger partial charge in [-0.2, -0.15) is 0 Å². The Balaban J connectivity index is 1.29. The van der Waals surface area contributed by atoms with Crippen molar-refractivity contribution in [3.8, 4) is 17.2 Å². The number of fused-ring (bicyclic) bond motifs is 1. The lowest BCUT2D eigenvalue weighted by Crippen LogP contribution is -2.45. The van der Waals surface area contributed by atoms with Crippen LogP contribution in [0.1, 0.15) is 19.8 Å². The van der Waals surface area contributed by atoms with Crippen molar-refractivity contribution >= 4 is 6.03 Å². The third-order valence-corrected chi connectivity index (χ3v) is 4.32. The average molecular weight is 335 g/mol. The van der Waals surface area contributed by atoms with Gasteiger partial charge in [-0.05, 0) is 45.0 Å². The van der Waals surface area contributed by atoms with Gasteiger partial charge in [0.1, 0.15) is 12.4 Å². The van der Waals surface area contributed by atoms with E-state index in [0.717, 1.165) is 18.8 Å². The number of rotatable bonds is 7. The number of urea groups is 1. The molecule has 1 atom stereocenters. The lowest BCUT2D eigenvalue weighted by Gasteiger charge is -2.23. The van der Waals surface area contributed by atoms with Gasteiger partial charge in [-0.25, -0.2) is 4.79 Å². The van der Waals surface area contributed by atoms with Crippen LogP contribution in [0, 0.1) is 0 Å². The van der Waals surface area contributed by atoms with Gasteiger partial charge in [-0.3, -0.25) is 4.90 Å². The van der Waals surface area contributed by atoms with E-state index < -0.39 is 0 Å². The van der Waals surface area contributed by atoms with Crippen LogP contribution < -0.4 is 24.8 Å². The minimum atomic E-state index is -0.157. The molecule has 24 heavy (non-hydrogen) atoms. The Kier molecular flexibility index (Phi) is 5.63. The molecule has 1 aromatic carbocycles. The van der Waals surface area contributed by atoms with Gasteiger partial charge < -0.3 is 24.8 Å². The van der Waals surface area contributed by atoms with E-state index in [1.807, 2.05) is 12.1 Å². The van der Waals surface area contributed by atoms with Crippen molar-refractivity contribution in [2.45, 2.75) is 25.8 Å². The molecule has 1 fully saturated rings. The van der Waals surface area contributed by atoms with Gasteiger partial charge in [0, 0.05) is 18.7 Å². The first kappa shape index (κ1) is 16.7. The number of nitrogens with one attached hydrogen (secondary N) is 2. The molecule has 0 saturated carbocycles. The Morgan fingerprint density at radius 1 is 1.25 bits per heavy atom. The van der Waals surface area contributed by atoms with Crippen LogP contribution in [0.3, 0.4) is 0 Å². The summed E-state index contributed by atoms with van der Waals surface area (Å²) in [6, 6.07) is 5.65. The first-order valence-electron chi connectivity index (χ1n) is 8.50. The van der Waals surface area contributed by atoms with E-state index in [1.54, 1.807) is 6.07 Å². The molecule has 0 spiro atoms. The van der Waals surface area contributed by atoms with Crippen LogP contribution in [0.4, 0.5) is 4.79 Å².